The van der Waals surface area contributed by atoms with Gasteiger partial charge in [-0.25, -0.2) is 4.98 Å². The van der Waals surface area contributed by atoms with Gasteiger partial charge in [-0.15, -0.1) is 12.4 Å². The van der Waals surface area contributed by atoms with Crippen molar-refractivity contribution in [2.75, 3.05) is 42.5 Å². The van der Waals surface area contributed by atoms with Crippen LogP contribution in [0.3, 0.4) is 0 Å². The van der Waals surface area contributed by atoms with Crippen LogP contribution in [0.15, 0.2) is 53.3 Å². The number of benzene rings is 2. The van der Waals surface area contributed by atoms with Crippen molar-refractivity contribution in [2.24, 2.45) is 5.92 Å². The lowest BCUT2D eigenvalue weighted by molar-refractivity contribution is -0.120. The first kappa shape index (κ1) is 25.2. The average Bonchev–Trinajstić information content (AvgIpc) is 3.10. The summed E-state index contributed by atoms with van der Waals surface area (Å²) in [4.78, 5) is 38.2. The zero-order chi connectivity index (χ0) is 23.8. The number of carbonyl (C=O) groups is 1. The molecule has 1 unspecified atom stereocenters. The third-order valence-electron chi connectivity index (χ3n) is 7.05. The number of piperazine rings is 1. The molecule has 35 heavy (non-hydrogen) atoms. The largest absolute Gasteiger partial charge is 0.369 e. The fourth-order valence-corrected chi connectivity index (χ4v) is 5.11. The molecule has 2 aliphatic heterocycles. The number of aromatic nitrogens is 2. The van der Waals surface area contributed by atoms with Crippen LogP contribution in [-0.4, -0.2) is 53.1 Å². The summed E-state index contributed by atoms with van der Waals surface area (Å²) in [5, 5.41) is 0.558. The van der Waals surface area contributed by atoms with Crippen LogP contribution in [0.2, 0.25) is 0 Å². The molecule has 1 atom stereocenters. The topological polar surface area (TPSA) is 61.7 Å². The zero-order valence-electron chi connectivity index (χ0n) is 20.7. The van der Waals surface area contributed by atoms with Crippen LogP contribution < -0.4 is 15.4 Å². The summed E-state index contributed by atoms with van der Waals surface area (Å²) in [6.45, 7) is 12.1. The molecule has 1 saturated heterocycles. The summed E-state index contributed by atoms with van der Waals surface area (Å²) >= 11 is 0. The van der Waals surface area contributed by atoms with E-state index in [1.807, 2.05) is 18.2 Å². The van der Waals surface area contributed by atoms with Gasteiger partial charge in [0.05, 0.1) is 17.4 Å². The normalized spacial score (nSPS) is 18.3. The Labute approximate surface area is 212 Å². The van der Waals surface area contributed by atoms with Gasteiger partial charge < -0.3 is 9.80 Å². The number of halogens is 1. The van der Waals surface area contributed by atoms with Crippen LogP contribution >= 0.6 is 12.4 Å². The van der Waals surface area contributed by atoms with Gasteiger partial charge in [0.1, 0.15) is 6.04 Å². The molecule has 7 nitrogen and oxygen atoms in total. The van der Waals surface area contributed by atoms with Crippen LogP contribution in [0.5, 0.6) is 0 Å². The van der Waals surface area contributed by atoms with Gasteiger partial charge in [0.25, 0.3) is 11.5 Å². The smallest absolute Gasteiger partial charge is 0.263 e. The monoisotopic (exact) mass is 495 g/mol. The average molecular weight is 496 g/mol. The lowest BCUT2D eigenvalue weighted by Crippen LogP contribution is -2.46. The van der Waals surface area contributed by atoms with Crippen molar-refractivity contribution < 1.29 is 4.79 Å². The van der Waals surface area contributed by atoms with Gasteiger partial charge in [0.2, 0.25) is 5.95 Å². The number of hydrogen-bond donors (Lipinski definition) is 0. The Balaban J connectivity index is 0.00000289. The third-order valence-corrected chi connectivity index (χ3v) is 7.05. The van der Waals surface area contributed by atoms with Crippen LogP contribution in [-0.2, 0) is 11.3 Å². The number of fused-ring (bicyclic) bond motifs is 2. The Morgan fingerprint density at radius 1 is 0.971 bits per heavy atom. The number of amides is 1. The summed E-state index contributed by atoms with van der Waals surface area (Å²) in [5.74, 6) is 0.695. The van der Waals surface area contributed by atoms with E-state index >= 15 is 0 Å². The number of para-hydroxylation sites is 1. The second-order valence-corrected chi connectivity index (χ2v) is 9.76. The predicted octanol–water partition coefficient (Wildman–Crippen LogP) is 4.09. The molecular formula is C27H34ClN5O2. The number of nitrogens with zero attached hydrogens (tertiary/aromatic N) is 5. The highest BCUT2D eigenvalue weighted by atomic mass is 35.5. The Bertz CT molecular complexity index is 1250. The molecule has 0 N–H and O–H groups in total. The minimum absolute atomic E-state index is 0. The first-order chi connectivity index (χ1) is 16.5. The number of carbonyl (C=O) groups excluding carboxylic acids is 1. The fourth-order valence-electron chi connectivity index (χ4n) is 5.11. The van der Waals surface area contributed by atoms with E-state index in [4.69, 9.17) is 4.98 Å². The van der Waals surface area contributed by atoms with Crippen LogP contribution in [0.1, 0.15) is 38.8 Å². The van der Waals surface area contributed by atoms with E-state index in [-0.39, 0.29) is 29.8 Å². The molecule has 3 aromatic rings. The van der Waals surface area contributed by atoms with E-state index < -0.39 is 6.04 Å². The molecule has 1 aromatic heterocycles. The predicted molar refractivity (Wildman–Crippen MR) is 144 cm³/mol. The maximum atomic E-state index is 13.5. The van der Waals surface area contributed by atoms with Crippen molar-refractivity contribution in [3.63, 3.8) is 0 Å². The molecular weight excluding hydrogens is 462 g/mol. The number of hydrogen-bond acceptors (Lipinski definition) is 5. The quantitative estimate of drug-likeness (QED) is 0.515. The third kappa shape index (κ3) is 4.80. The molecule has 5 rings (SSSR count). The molecule has 0 saturated carbocycles. The molecule has 1 amide bonds. The molecule has 0 aliphatic carbocycles. The Kier molecular flexibility index (Phi) is 7.47. The van der Waals surface area contributed by atoms with E-state index in [1.54, 1.807) is 15.5 Å². The molecule has 0 radical (unpaired) electrons. The Morgan fingerprint density at radius 3 is 2.31 bits per heavy atom. The first-order valence-corrected chi connectivity index (χ1v) is 12.3. The first-order valence-electron chi connectivity index (χ1n) is 12.3. The molecule has 8 heteroatoms. The van der Waals surface area contributed by atoms with Gasteiger partial charge >= 0.3 is 0 Å². The lowest BCUT2D eigenvalue weighted by atomic mass is 10.0. The van der Waals surface area contributed by atoms with E-state index in [1.165, 1.54) is 5.69 Å². The minimum Gasteiger partial charge on any atom is -0.369 e. The van der Waals surface area contributed by atoms with Gasteiger partial charge in [-0.3, -0.25) is 19.1 Å². The van der Waals surface area contributed by atoms with Gasteiger partial charge in [0, 0.05) is 31.9 Å². The highest BCUT2D eigenvalue weighted by Crippen LogP contribution is 2.33. The standard InChI is InChI=1S/C27H33N5O2.ClH/c1-4-29-13-15-30(16-14-29)21-11-9-20(10-12-21)18-31-26(34)24(17-19(2)3)32-25(33)22-7-5-6-8-23(22)28-27(31)32;/h5-12,19,24H,4,13-18H2,1-3H3;1H. The van der Waals surface area contributed by atoms with Crippen LogP contribution in [0, 0.1) is 5.92 Å². The Hall–Kier alpha value is -2.90. The van der Waals surface area contributed by atoms with Gasteiger partial charge in [-0.05, 0) is 48.7 Å². The summed E-state index contributed by atoms with van der Waals surface area (Å²) in [6, 6.07) is 15.3. The molecule has 0 bridgehead atoms. The van der Waals surface area contributed by atoms with E-state index in [0.717, 1.165) is 38.3 Å². The summed E-state index contributed by atoms with van der Waals surface area (Å²) < 4.78 is 1.62. The maximum Gasteiger partial charge on any atom is 0.263 e. The lowest BCUT2D eigenvalue weighted by Gasteiger charge is -2.35. The molecule has 0 spiro atoms. The van der Waals surface area contributed by atoms with E-state index in [2.05, 4.69) is 54.8 Å². The van der Waals surface area contributed by atoms with Crippen molar-refractivity contribution in [1.82, 2.24) is 14.5 Å². The van der Waals surface area contributed by atoms with Crippen molar-refractivity contribution >= 4 is 40.9 Å². The molecule has 1 fully saturated rings. The summed E-state index contributed by atoms with van der Waals surface area (Å²) in [7, 11) is 0. The van der Waals surface area contributed by atoms with Crippen molar-refractivity contribution in [3.05, 3.63) is 64.4 Å². The second kappa shape index (κ2) is 10.4. The maximum absolute atomic E-state index is 13.5. The van der Waals surface area contributed by atoms with Crippen molar-refractivity contribution in [3.8, 4) is 0 Å². The van der Waals surface area contributed by atoms with E-state index in [0.29, 0.717) is 29.8 Å². The zero-order valence-corrected chi connectivity index (χ0v) is 21.5. The molecule has 186 valence electrons. The van der Waals surface area contributed by atoms with Crippen molar-refractivity contribution in [2.45, 2.75) is 39.8 Å². The minimum atomic E-state index is -0.506. The number of likely N-dealkylation sites (N-methyl/N-ethyl adjacent to an activating group) is 1. The Morgan fingerprint density at radius 2 is 1.66 bits per heavy atom. The molecule has 3 heterocycles. The highest BCUT2D eigenvalue weighted by Gasteiger charge is 2.39. The molecule has 2 aliphatic rings. The van der Waals surface area contributed by atoms with Crippen LogP contribution in [0.4, 0.5) is 11.6 Å². The fraction of sp³-hybridized carbons (Fsp3) is 0.444. The van der Waals surface area contributed by atoms with Gasteiger partial charge in [0.15, 0.2) is 0 Å². The van der Waals surface area contributed by atoms with Gasteiger partial charge in [-0.1, -0.05) is 45.0 Å². The van der Waals surface area contributed by atoms with Crippen LogP contribution in [0.25, 0.3) is 10.9 Å². The van der Waals surface area contributed by atoms with Crippen molar-refractivity contribution in [1.29, 1.82) is 0 Å². The highest BCUT2D eigenvalue weighted by molar-refractivity contribution is 5.99. The second-order valence-electron chi connectivity index (χ2n) is 9.76. The summed E-state index contributed by atoms with van der Waals surface area (Å²) in [6.07, 6.45) is 0.616. The SMILES string of the molecule is CCN1CCN(c2ccc(CN3C(=O)C(CC(C)C)n4c3nc3ccccc3c4=O)cc2)CC1.Cl. The molecule has 2 aromatic carbocycles. The van der Waals surface area contributed by atoms with Gasteiger partial charge in [-0.2, -0.15) is 0 Å². The van der Waals surface area contributed by atoms with E-state index in [9.17, 15) is 9.59 Å². The number of anilines is 2. The summed E-state index contributed by atoms with van der Waals surface area (Å²) in [5.41, 5.74) is 2.74. The number of rotatable bonds is 6.